The molecular weight excluding hydrogens is 545 g/mol. The average molecular weight is 577 g/mol. The van der Waals surface area contributed by atoms with Crippen molar-refractivity contribution in [2.45, 2.75) is 26.3 Å². The average Bonchev–Trinajstić information content (AvgIpc) is 3.48. The minimum Gasteiger partial charge on any atom is -0.454 e. The first-order valence-corrected chi connectivity index (χ1v) is 11.7. The quantitative estimate of drug-likeness (QED) is 0.200. The Morgan fingerprint density at radius 1 is 1.06 bits per heavy atom. The number of aromatic nitrogens is 3. The van der Waals surface area contributed by atoms with Gasteiger partial charge in [0.15, 0.2) is 23.1 Å². The SMILES string of the molecule is CCNC(=NCCCc1nnc2ccccn12)N1CCN(Cc2ccc3c(c2)OCO3)CC1.I. The third-order valence-electron chi connectivity index (χ3n) is 6.05. The lowest BCUT2D eigenvalue weighted by Crippen LogP contribution is -2.52. The zero-order chi connectivity index (χ0) is 22.5. The van der Waals surface area contributed by atoms with Crippen LogP contribution in [0.5, 0.6) is 11.5 Å². The van der Waals surface area contributed by atoms with Crippen LogP contribution in [0.3, 0.4) is 0 Å². The van der Waals surface area contributed by atoms with Gasteiger partial charge in [-0.3, -0.25) is 14.3 Å². The molecule has 0 amide bonds. The van der Waals surface area contributed by atoms with Gasteiger partial charge < -0.3 is 19.7 Å². The molecule has 1 aromatic carbocycles. The topological polar surface area (TPSA) is 79.5 Å². The third kappa shape index (κ3) is 5.72. The summed E-state index contributed by atoms with van der Waals surface area (Å²) in [4.78, 5) is 9.74. The fourth-order valence-electron chi connectivity index (χ4n) is 4.32. The number of halogens is 1. The molecule has 0 radical (unpaired) electrons. The molecule has 10 heteroatoms. The standard InChI is InChI=1S/C24H31N7O2.HI/c1-2-25-24(26-10-5-7-23-28-27-22-6-3-4-11-31(22)23)30-14-12-29(13-15-30)17-19-8-9-20-21(16-19)33-18-32-20;/h3-4,6,8-9,11,16H,2,5,7,10,12-15,17-18H2,1H3,(H,25,26);1H. The number of nitrogens with one attached hydrogen (secondary N) is 1. The van der Waals surface area contributed by atoms with E-state index in [9.17, 15) is 0 Å². The van der Waals surface area contributed by atoms with Crippen LogP contribution in [0.1, 0.15) is 24.7 Å². The first-order chi connectivity index (χ1) is 16.3. The molecule has 3 aromatic rings. The van der Waals surface area contributed by atoms with Gasteiger partial charge >= 0.3 is 0 Å². The molecule has 5 rings (SSSR count). The summed E-state index contributed by atoms with van der Waals surface area (Å²) >= 11 is 0. The van der Waals surface area contributed by atoms with E-state index in [2.05, 4.69) is 44.4 Å². The summed E-state index contributed by atoms with van der Waals surface area (Å²) in [7, 11) is 0. The van der Waals surface area contributed by atoms with Crippen LogP contribution in [0, 0.1) is 0 Å². The largest absolute Gasteiger partial charge is 0.454 e. The van der Waals surface area contributed by atoms with Crippen molar-refractivity contribution in [3.05, 3.63) is 54.0 Å². The van der Waals surface area contributed by atoms with Crippen LogP contribution in [0.2, 0.25) is 0 Å². The minimum atomic E-state index is 0. The van der Waals surface area contributed by atoms with Gasteiger partial charge in [0.2, 0.25) is 6.79 Å². The Balaban J connectivity index is 0.00000274. The number of benzene rings is 1. The highest BCUT2D eigenvalue weighted by molar-refractivity contribution is 14.0. The minimum absolute atomic E-state index is 0. The lowest BCUT2D eigenvalue weighted by Gasteiger charge is -2.36. The maximum Gasteiger partial charge on any atom is 0.231 e. The van der Waals surface area contributed by atoms with Gasteiger partial charge in [-0.2, -0.15) is 0 Å². The zero-order valence-electron chi connectivity index (χ0n) is 19.5. The van der Waals surface area contributed by atoms with Gasteiger partial charge in [0, 0.05) is 58.4 Å². The van der Waals surface area contributed by atoms with Crippen LogP contribution in [-0.2, 0) is 13.0 Å². The second kappa shape index (κ2) is 11.7. The van der Waals surface area contributed by atoms with E-state index >= 15 is 0 Å². The van der Waals surface area contributed by atoms with E-state index in [4.69, 9.17) is 14.5 Å². The summed E-state index contributed by atoms with van der Waals surface area (Å²) in [5.74, 6) is 3.69. The number of aliphatic imine (C=N–C) groups is 1. The first kappa shape index (κ1) is 24.5. The summed E-state index contributed by atoms with van der Waals surface area (Å²) < 4.78 is 13.0. The van der Waals surface area contributed by atoms with E-state index in [0.717, 1.165) is 87.6 Å². The Bertz CT molecular complexity index is 1110. The molecule has 0 atom stereocenters. The number of hydrogen-bond acceptors (Lipinski definition) is 6. The number of ether oxygens (including phenoxy) is 2. The van der Waals surface area contributed by atoms with Crippen molar-refractivity contribution in [2.24, 2.45) is 4.99 Å². The van der Waals surface area contributed by atoms with Gasteiger partial charge in [-0.1, -0.05) is 12.1 Å². The molecule has 2 aliphatic heterocycles. The van der Waals surface area contributed by atoms with E-state index in [1.165, 1.54) is 5.56 Å². The number of piperazine rings is 1. The van der Waals surface area contributed by atoms with Gasteiger partial charge in [0.1, 0.15) is 5.82 Å². The Hall–Kier alpha value is -2.60. The smallest absolute Gasteiger partial charge is 0.231 e. The second-order valence-corrected chi connectivity index (χ2v) is 8.34. The molecule has 0 unspecified atom stereocenters. The lowest BCUT2D eigenvalue weighted by atomic mass is 10.1. The van der Waals surface area contributed by atoms with Crippen LogP contribution in [0.25, 0.3) is 5.65 Å². The Kier molecular flexibility index (Phi) is 8.44. The third-order valence-corrected chi connectivity index (χ3v) is 6.05. The molecule has 1 N–H and O–H groups in total. The van der Waals surface area contributed by atoms with Crippen LogP contribution >= 0.6 is 24.0 Å². The van der Waals surface area contributed by atoms with Gasteiger partial charge in [0.05, 0.1) is 0 Å². The number of guanidine groups is 1. The van der Waals surface area contributed by atoms with Gasteiger partial charge in [-0.05, 0) is 43.2 Å². The van der Waals surface area contributed by atoms with E-state index in [1.54, 1.807) is 0 Å². The van der Waals surface area contributed by atoms with Gasteiger partial charge in [-0.15, -0.1) is 34.2 Å². The number of pyridine rings is 1. The number of hydrogen-bond donors (Lipinski definition) is 1. The number of fused-ring (bicyclic) bond motifs is 2. The zero-order valence-corrected chi connectivity index (χ0v) is 21.9. The molecule has 2 aromatic heterocycles. The highest BCUT2D eigenvalue weighted by atomic mass is 127. The Morgan fingerprint density at radius 2 is 1.91 bits per heavy atom. The molecule has 9 nitrogen and oxygen atoms in total. The molecule has 34 heavy (non-hydrogen) atoms. The van der Waals surface area contributed by atoms with Gasteiger partial charge in [0.25, 0.3) is 0 Å². The highest BCUT2D eigenvalue weighted by Crippen LogP contribution is 2.32. The fraction of sp³-hybridized carbons (Fsp3) is 0.458. The maximum atomic E-state index is 5.51. The normalized spacial score (nSPS) is 16.0. The molecule has 0 saturated carbocycles. The number of aryl methyl sites for hydroxylation is 1. The number of rotatable bonds is 7. The molecule has 1 saturated heterocycles. The molecule has 0 aliphatic carbocycles. The molecule has 2 aliphatic rings. The highest BCUT2D eigenvalue weighted by Gasteiger charge is 2.21. The van der Waals surface area contributed by atoms with Crippen LogP contribution in [0.4, 0.5) is 0 Å². The van der Waals surface area contributed by atoms with E-state index in [-0.39, 0.29) is 24.0 Å². The Labute approximate surface area is 217 Å². The predicted octanol–water partition coefficient (Wildman–Crippen LogP) is 2.79. The summed E-state index contributed by atoms with van der Waals surface area (Å²) in [6.45, 7) is 8.93. The van der Waals surface area contributed by atoms with E-state index < -0.39 is 0 Å². The molecular formula is C24H32IN7O2. The van der Waals surface area contributed by atoms with Crippen molar-refractivity contribution in [1.82, 2.24) is 29.7 Å². The van der Waals surface area contributed by atoms with Crippen LogP contribution < -0.4 is 14.8 Å². The van der Waals surface area contributed by atoms with Crippen molar-refractivity contribution in [3.63, 3.8) is 0 Å². The van der Waals surface area contributed by atoms with Crippen LogP contribution in [-0.4, -0.2) is 76.4 Å². The van der Waals surface area contributed by atoms with Crippen LogP contribution in [0.15, 0.2) is 47.6 Å². The summed E-state index contributed by atoms with van der Waals surface area (Å²) in [5, 5.41) is 12.0. The van der Waals surface area contributed by atoms with Crippen molar-refractivity contribution >= 4 is 35.6 Å². The Morgan fingerprint density at radius 3 is 2.76 bits per heavy atom. The maximum absolute atomic E-state index is 5.51. The second-order valence-electron chi connectivity index (χ2n) is 8.34. The summed E-state index contributed by atoms with van der Waals surface area (Å²) in [5.41, 5.74) is 2.15. The molecule has 182 valence electrons. The van der Waals surface area contributed by atoms with Crippen molar-refractivity contribution in [2.75, 3.05) is 46.1 Å². The fourth-order valence-corrected chi connectivity index (χ4v) is 4.32. The predicted molar refractivity (Wildman–Crippen MR) is 142 cm³/mol. The summed E-state index contributed by atoms with van der Waals surface area (Å²) in [6, 6.07) is 12.2. The monoisotopic (exact) mass is 577 g/mol. The van der Waals surface area contributed by atoms with Crippen molar-refractivity contribution in [1.29, 1.82) is 0 Å². The summed E-state index contributed by atoms with van der Waals surface area (Å²) in [6.07, 6.45) is 3.81. The number of nitrogens with zero attached hydrogens (tertiary/aromatic N) is 6. The van der Waals surface area contributed by atoms with Crippen molar-refractivity contribution in [3.8, 4) is 11.5 Å². The van der Waals surface area contributed by atoms with Gasteiger partial charge in [-0.25, -0.2) is 0 Å². The molecule has 0 spiro atoms. The van der Waals surface area contributed by atoms with E-state index in [0.29, 0.717) is 6.79 Å². The van der Waals surface area contributed by atoms with E-state index in [1.807, 2.05) is 34.9 Å². The molecule has 0 bridgehead atoms. The van der Waals surface area contributed by atoms with Crippen molar-refractivity contribution < 1.29 is 9.47 Å². The molecule has 4 heterocycles. The first-order valence-electron chi connectivity index (χ1n) is 11.7. The lowest BCUT2D eigenvalue weighted by molar-refractivity contribution is 0.171. The molecule has 1 fully saturated rings.